The fraction of sp³-hybridized carbons (Fsp3) is 0.300. The van der Waals surface area contributed by atoms with Crippen LogP contribution in [0.15, 0.2) is 42.5 Å². The van der Waals surface area contributed by atoms with Crippen molar-refractivity contribution in [1.29, 1.82) is 0 Å². The van der Waals surface area contributed by atoms with Crippen molar-refractivity contribution in [3.8, 4) is 0 Å². The van der Waals surface area contributed by atoms with E-state index < -0.39 is 11.4 Å². The summed E-state index contributed by atoms with van der Waals surface area (Å²) in [4.78, 5) is 23.7. The summed E-state index contributed by atoms with van der Waals surface area (Å²) in [7, 11) is 0. The molecule has 1 amide bonds. The van der Waals surface area contributed by atoms with Gasteiger partial charge in [0.2, 0.25) is 5.91 Å². The molecular formula is C20H21NO3. The number of aryl methyl sites for hydroxylation is 2. The molecule has 1 fully saturated rings. The van der Waals surface area contributed by atoms with Crippen LogP contribution in [0.3, 0.4) is 0 Å². The molecule has 0 bridgehead atoms. The summed E-state index contributed by atoms with van der Waals surface area (Å²) in [5, 5.41) is 11.9. The Morgan fingerprint density at radius 1 is 1.08 bits per heavy atom. The average Bonchev–Trinajstić information content (AvgIpc) is 3.27. The third-order valence-corrected chi connectivity index (χ3v) is 4.50. The number of carbonyl (C=O) groups excluding carboxylic acids is 1. The Labute approximate surface area is 141 Å². The van der Waals surface area contributed by atoms with Crippen LogP contribution in [0, 0.1) is 13.8 Å². The summed E-state index contributed by atoms with van der Waals surface area (Å²) in [6.07, 6.45) is 1.64. The number of anilines is 1. The summed E-state index contributed by atoms with van der Waals surface area (Å²) >= 11 is 0. The van der Waals surface area contributed by atoms with Gasteiger partial charge in [0.25, 0.3) is 0 Å². The van der Waals surface area contributed by atoms with Gasteiger partial charge in [0, 0.05) is 5.69 Å². The van der Waals surface area contributed by atoms with Gasteiger partial charge in [0.15, 0.2) is 0 Å². The minimum absolute atomic E-state index is 0.0139. The maximum Gasteiger partial charge on any atom is 0.307 e. The summed E-state index contributed by atoms with van der Waals surface area (Å²) in [6.45, 7) is 4.08. The zero-order valence-corrected chi connectivity index (χ0v) is 13.9. The average molecular weight is 323 g/mol. The molecule has 124 valence electrons. The van der Waals surface area contributed by atoms with E-state index >= 15 is 0 Å². The normalized spacial score (nSPS) is 14.9. The number of aliphatic carboxylic acids is 1. The fourth-order valence-corrected chi connectivity index (χ4v) is 3.21. The molecule has 2 aromatic rings. The largest absolute Gasteiger partial charge is 0.481 e. The van der Waals surface area contributed by atoms with Gasteiger partial charge >= 0.3 is 5.97 Å². The number of carboxylic acids is 1. The molecular weight excluding hydrogens is 302 g/mol. The van der Waals surface area contributed by atoms with Gasteiger partial charge in [-0.25, -0.2) is 0 Å². The maximum atomic E-state index is 12.8. The van der Waals surface area contributed by atoms with E-state index in [4.69, 9.17) is 5.11 Å². The van der Waals surface area contributed by atoms with Crippen molar-refractivity contribution in [3.05, 3.63) is 64.7 Å². The molecule has 4 heteroatoms. The number of benzene rings is 2. The number of carboxylic acid groups (broad SMARTS) is 1. The van der Waals surface area contributed by atoms with Crippen LogP contribution >= 0.6 is 0 Å². The molecule has 0 heterocycles. The number of nitrogens with one attached hydrogen (secondary N) is 1. The van der Waals surface area contributed by atoms with E-state index in [2.05, 4.69) is 23.5 Å². The number of carbonyl (C=O) groups is 2. The smallest absolute Gasteiger partial charge is 0.307 e. The molecule has 1 aliphatic rings. The molecule has 0 unspecified atom stereocenters. The second kappa shape index (κ2) is 6.11. The highest BCUT2D eigenvalue weighted by Crippen LogP contribution is 2.49. The minimum atomic E-state index is -0.882. The Bertz CT molecular complexity index is 786. The highest BCUT2D eigenvalue weighted by atomic mass is 16.4. The molecule has 0 radical (unpaired) electrons. The van der Waals surface area contributed by atoms with Crippen LogP contribution in [-0.4, -0.2) is 17.0 Å². The van der Waals surface area contributed by atoms with Crippen molar-refractivity contribution in [3.63, 3.8) is 0 Å². The Balaban J connectivity index is 1.81. The first-order chi connectivity index (χ1) is 11.4. The number of rotatable bonds is 5. The lowest BCUT2D eigenvalue weighted by molar-refractivity contribution is -0.136. The van der Waals surface area contributed by atoms with Gasteiger partial charge in [-0.05, 0) is 49.9 Å². The maximum absolute atomic E-state index is 12.8. The van der Waals surface area contributed by atoms with Crippen LogP contribution in [0.25, 0.3) is 0 Å². The van der Waals surface area contributed by atoms with Crippen molar-refractivity contribution >= 4 is 17.6 Å². The first-order valence-corrected chi connectivity index (χ1v) is 8.10. The predicted molar refractivity (Wildman–Crippen MR) is 93.2 cm³/mol. The number of amides is 1. The Morgan fingerprint density at radius 3 is 2.33 bits per heavy atom. The van der Waals surface area contributed by atoms with Crippen molar-refractivity contribution in [2.75, 3.05) is 5.32 Å². The van der Waals surface area contributed by atoms with Gasteiger partial charge in [-0.3, -0.25) is 9.59 Å². The molecule has 0 saturated heterocycles. The van der Waals surface area contributed by atoms with Crippen molar-refractivity contribution in [1.82, 2.24) is 0 Å². The topological polar surface area (TPSA) is 66.4 Å². The second-order valence-corrected chi connectivity index (χ2v) is 6.68. The molecule has 1 saturated carbocycles. The Hall–Kier alpha value is -2.62. The van der Waals surface area contributed by atoms with Crippen molar-refractivity contribution < 1.29 is 14.7 Å². The molecule has 1 aliphatic carbocycles. The molecule has 2 aromatic carbocycles. The Morgan fingerprint density at radius 2 is 1.75 bits per heavy atom. The van der Waals surface area contributed by atoms with Gasteiger partial charge in [0.05, 0.1) is 11.8 Å². The summed E-state index contributed by atoms with van der Waals surface area (Å²) < 4.78 is 0. The van der Waals surface area contributed by atoms with E-state index in [1.807, 2.05) is 13.8 Å². The van der Waals surface area contributed by atoms with Gasteiger partial charge in [-0.1, -0.05) is 41.5 Å². The molecule has 0 aliphatic heterocycles. The van der Waals surface area contributed by atoms with E-state index in [1.54, 1.807) is 24.3 Å². The third kappa shape index (κ3) is 3.32. The molecule has 0 spiro atoms. The van der Waals surface area contributed by atoms with Gasteiger partial charge in [-0.15, -0.1) is 0 Å². The van der Waals surface area contributed by atoms with Crippen molar-refractivity contribution in [2.45, 2.75) is 38.5 Å². The summed E-state index contributed by atoms with van der Waals surface area (Å²) in [6, 6.07) is 13.3. The zero-order chi connectivity index (χ0) is 17.3. The first kappa shape index (κ1) is 16.2. The van der Waals surface area contributed by atoms with Crippen LogP contribution in [0.2, 0.25) is 0 Å². The van der Waals surface area contributed by atoms with E-state index in [0.29, 0.717) is 11.3 Å². The van der Waals surface area contributed by atoms with Crippen molar-refractivity contribution in [2.24, 2.45) is 0 Å². The summed E-state index contributed by atoms with van der Waals surface area (Å²) in [5.41, 5.74) is 4.27. The van der Waals surface area contributed by atoms with Gasteiger partial charge in [-0.2, -0.15) is 0 Å². The molecule has 0 aromatic heterocycles. The fourth-order valence-electron chi connectivity index (χ4n) is 3.21. The SMILES string of the molecule is Cc1cc(C)cc(C2(C(=O)Nc3cccc(CC(=O)O)c3)CC2)c1. The van der Waals surface area contributed by atoms with E-state index in [-0.39, 0.29) is 12.3 Å². The standard InChI is InChI=1S/C20H21NO3/c1-13-8-14(2)10-16(9-13)20(6-7-20)19(24)21-17-5-3-4-15(11-17)12-18(22)23/h3-5,8-11H,6-7,12H2,1-2H3,(H,21,24)(H,22,23). The van der Waals surface area contributed by atoms with Crippen LogP contribution in [-0.2, 0) is 21.4 Å². The third-order valence-electron chi connectivity index (χ3n) is 4.50. The quantitative estimate of drug-likeness (QED) is 0.883. The van der Waals surface area contributed by atoms with Crippen LogP contribution in [0.1, 0.15) is 35.1 Å². The van der Waals surface area contributed by atoms with Gasteiger partial charge in [0.1, 0.15) is 0 Å². The van der Waals surface area contributed by atoms with E-state index in [1.165, 1.54) is 0 Å². The molecule has 3 rings (SSSR count). The monoisotopic (exact) mass is 323 g/mol. The Kier molecular flexibility index (Phi) is 4.14. The lowest BCUT2D eigenvalue weighted by Gasteiger charge is -2.17. The predicted octanol–water partition coefficient (Wildman–Crippen LogP) is 3.60. The minimum Gasteiger partial charge on any atom is -0.481 e. The van der Waals surface area contributed by atoms with Crippen LogP contribution in [0.5, 0.6) is 0 Å². The number of hydrogen-bond acceptors (Lipinski definition) is 2. The molecule has 4 nitrogen and oxygen atoms in total. The molecule has 0 atom stereocenters. The second-order valence-electron chi connectivity index (χ2n) is 6.68. The van der Waals surface area contributed by atoms with E-state index in [0.717, 1.165) is 29.5 Å². The van der Waals surface area contributed by atoms with Crippen LogP contribution in [0.4, 0.5) is 5.69 Å². The molecule has 2 N–H and O–H groups in total. The zero-order valence-electron chi connectivity index (χ0n) is 13.9. The highest BCUT2D eigenvalue weighted by Gasteiger charge is 2.51. The molecule has 24 heavy (non-hydrogen) atoms. The highest BCUT2D eigenvalue weighted by molar-refractivity contribution is 6.01. The lowest BCUT2D eigenvalue weighted by Crippen LogP contribution is -2.28. The number of hydrogen-bond donors (Lipinski definition) is 2. The first-order valence-electron chi connectivity index (χ1n) is 8.10. The summed E-state index contributed by atoms with van der Waals surface area (Å²) in [5.74, 6) is -0.896. The van der Waals surface area contributed by atoms with Gasteiger partial charge < -0.3 is 10.4 Å². The van der Waals surface area contributed by atoms with E-state index in [9.17, 15) is 9.59 Å². The lowest BCUT2D eigenvalue weighted by atomic mass is 9.92. The van der Waals surface area contributed by atoms with Crippen LogP contribution < -0.4 is 5.32 Å².